The third-order valence-electron chi connectivity index (χ3n) is 4.72. The van der Waals surface area contributed by atoms with Gasteiger partial charge in [-0.3, -0.25) is 0 Å². The van der Waals surface area contributed by atoms with Crippen molar-refractivity contribution < 1.29 is 9.47 Å². The highest BCUT2D eigenvalue weighted by molar-refractivity contribution is 5.40. The second kappa shape index (κ2) is 13.1. The molecule has 2 nitrogen and oxygen atoms in total. The Kier molecular flexibility index (Phi) is 11.4. The van der Waals surface area contributed by atoms with Gasteiger partial charge in [0.2, 0.25) is 0 Å². The summed E-state index contributed by atoms with van der Waals surface area (Å²) < 4.78 is 10.7. The standard InChI is InChI=1S/C22H38O2/c1-19(2)14-12-10-8-6-5-7-9-11-13-15-20-16-17-21(23-3)18-22(20)24-4/h16-19H,5-15H2,1-4H3. The highest BCUT2D eigenvalue weighted by Gasteiger charge is 2.04. The van der Waals surface area contributed by atoms with Crippen LogP contribution in [0, 0.1) is 5.92 Å². The van der Waals surface area contributed by atoms with E-state index in [2.05, 4.69) is 19.9 Å². The van der Waals surface area contributed by atoms with Crippen LogP contribution in [0.3, 0.4) is 0 Å². The fraction of sp³-hybridized carbons (Fsp3) is 0.727. The fourth-order valence-corrected chi connectivity index (χ4v) is 3.16. The molecule has 0 bridgehead atoms. The van der Waals surface area contributed by atoms with E-state index in [4.69, 9.17) is 9.47 Å². The van der Waals surface area contributed by atoms with E-state index >= 15 is 0 Å². The zero-order valence-electron chi connectivity index (χ0n) is 16.4. The first-order valence-corrected chi connectivity index (χ1v) is 9.88. The third-order valence-corrected chi connectivity index (χ3v) is 4.72. The SMILES string of the molecule is COc1ccc(CCCCCCCCCCCC(C)C)c(OC)c1. The summed E-state index contributed by atoms with van der Waals surface area (Å²) in [4.78, 5) is 0. The maximum Gasteiger partial charge on any atom is 0.125 e. The number of hydrogen-bond donors (Lipinski definition) is 0. The van der Waals surface area contributed by atoms with Crippen LogP contribution in [0.25, 0.3) is 0 Å². The molecule has 0 radical (unpaired) electrons. The molecule has 0 saturated carbocycles. The van der Waals surface area contributed by atoms with Crippen molar-refractivity contribution in [2.75, 3.05) is 14.2 Å². The number of methoxy groups -OCH3 is 2. The van der Waals surface area contributed by atoms with Gasteiger partial charge in [-0.05, 0) is 30.4 Å². The van der Waals surface area contributed by atoms with Gasteiger partial charge in [-0.2, -0.15) is 0 Å². The van der Waals surface area contributed by atoms with Gasteiger partial charge in [-0.1, -0.05) is 77.7 Å². The van der Waals surface area contributed by atoms with E-state index < -0.39 is 0 Å². The van der Waals surface area contributed by atoms with Gasteiger partial charge in [-0.25, -0.2) is 0 Å². The largest absolute Gasteiger partial charge is 0.497 e. The minimum atomic E-state index is 0.865. The first-order valence-electron chi connectivity index (χ1n) is 9.88. The number of benzene rings is 1. The van der Waals surface area contributed by atoms with Crippen LogP contribution in [0.2, 0.25) is 0 Å². The average Bonchev–Trinajstić information content (AvgIpc) is 2.59. The lowest BCUT2D eigenvalue weighted by atomic mass is 10.0. The second-order valence-electron chi connectivity index (χ2n) is 7.29. The zero-order valence-corrected chi connectivity index (χ0v) is 16.4. The monoisotopic (exact) mass is 334 g/mol. The molecule has 24 heavy (non-hydrogen) atoms. The van der Waals surface area contributed by atoms with Gasteiger partial charge in [0, 0.05) is 6.07 Å². The Morgan fingerprint density at radius 2 is 1.33 bits per heavy atom. The molecule has 0 heterocycles. The number of rotatable bonds is 14. The molecule has 0 aliphatic rings. The molecule has 0 spiro atoms. The lowest BCUT2D eigenvalue weighted by Gasteiger charge is -2.10. The summed E-state index contributed by atoms with van der Waals surface area (Å²) in [5, 5.41) is 0. The van der Waals surface area contributed by atoms with Gasteiger partial charge in [-0.15, -0.1) is 0 Å². The van der Waals surface area contributed by atoms with Crippen molar-refractivity contribution in [1.82, 2.24) is 0 Å². The van der Waals surface area contributed by atoms with Crippen molar-refractivity contribution in [3.05, 3.63) is 23.8 Å². The number of ether oxygens (including phenoxy) is 2. The van der Waals surface area contributed by atoms with Crippen LogP contribution in [-0.2, 0) is 6.42 Å². The predicted molar refractivity (Wildman–Crippen MR) is 104 cm³/mol. The molecule has 1 aromatic rings. The van der Waals surface area contributed by atoms with Crippen LogP contribution < -0.4 is 9.47 Å². The summed E-state index contributed by atoms with van der Waals surface area (Å²) in [6.45, 7) is 4.64. The molecule has 2 heteroatoms. The third kappa shape index (κ3) is 9.20. The Balaban J connectivity index is 2.02. The van der Waals surface area contributed by atoms with Crippen LogP contribution in [0.15, 0.2) is 18.2 Å². The highest BCUT2D eigenvalue weighted by atomic mass is 16.5. The van der Waals surface area contributed by atoms with Gasteiger partial charge in [0.1, 0.15) is 11.5 Å². The van der Waals surface area contributed by atoms with Gasteiger partial charge in [0.25, 0.3) is 0 Å². The molecule has 0 saturated heterocycles. The van der Waals surface area contributed by atoms with Crippen LogP contribution in [0.5, 0.6) is 11.5 Å². The molecule has 0 atom stereocenters. The summed E-state index contributed by atoms with van der Waals surface area (Å²) in [5.41, 5.74) is 1.29. The fourth-order valence-electron chi connectivity index (χ4n) is 3.16. The Hall–Kier alpha value is -1.18. The van der Waals surface area contributed by atoms with Crippen LogP contribution in [0.4, 0.5) is 0 Å². The molecule has 0 unspecified atom stereocenters. The topological polar surface area (TPSA) is 18.5 Å². The van der Waals surface area contributed by atoms with Gasteiger partial charge in [0.05, 0.1) is 14.2 Å². The zero-order chi connectivity index (χ0) is 17.6. The molecule has 0 aliphatic carbocycles. The van der Waals surface area contributed by atoms with E-state index in [0.29, 0.717) is 0 Å². The van der Waals surface area contributed by atoms with Crippen LogP contribution >= 0.6 is 0 Å². The predicted octanol–water partition coefficient (Wildman–Crippen LogP) is 6.80. The molecular formula is C22H38O2. The van der Waals surface area contributed by atoms with E-state index in [1.807, 2.05) is 12.1 Å². The second-order valence-corrected chi connectivity index (χ2v) is 7.29. The molecular weight excluding hydrogens is 296 g/mol. The van der Waals surface area contributed by atoms with E-state index in [0.717, 1.165) is 23.8 Å². The van der Waals surface area contributed by atoms with E-state index in [-0.39, 0.29) is 0 Å². The van der Waals surface area contributed by atoms with Crippen LogP contribution in [0.1, 0.15) is 83.6 Å². The highest BCUT2D eigenvalue weighted by Crippen LogP contribution is 2.26. The summed E-state index contributed by atoms with van der Waals surface area (Å²) >= 11 is 0. The van der Waals surface area contributed by atoms with Crippen molar-refractivity contribution >= 4 is 0 Å². The lowest BCUT2D eigenvalue weighted by Crippen LogP contribution is -1.94. The average molecular weight is 335 g/mol. The van der Waals surface area contributed by atoms with Crippen molar-refractivity contribution in [2.24, 2.45) is 5.92 Å². The summed E-state index contributed by atoms with van der Waals surface area (Å²) in [7, 11) is 3.43. The molecule has 0 aromatic heterocycles. The van der Waals surface area contributed by atoms with Gasteiger partial charge in [0.15, 0.2) is 0 Å². The van der Waals surface area contributed by atoms with Crippen molar-refractivity contribution in [3.63, 3.8) is 0 Å². The first-order chi connectivity index (χ1) is 11.7. The molecule has 1 rings (SSSR count). The lowest BCUT2D eigenvalue weighted by molar-refractivity contribution is 0.390. The minimum absolute atomic E-state index is 0.865. The Morgan fingerprint density at radius 1 is 0.750 bits per heavy atom. The van der Waals surface area contributed by atoms with Crippen LogP contribution in [-0.4, -0.2) is 14.2 Å². The Bertz CT molecular complexity index is 426. The molecule has 138 valence electrons. The number of unbranched alkanes of at least 4 members (excludes halogenated alkanes) is 8. The first kappa shape index (κ1) is 20.9. The van der Waals surface area contributed by atoms with Crippen molar-refractivity contribution in [1.29, 1.82) is 0 Å². The molecule has 0 amide bonds. The smallest absolute Gasteiger partial charge is 0.125 e. The summed E-state index contributed by atoms with van der Waals surface area (Å²) in [5.74, 6) is 2.69. The maximum atomic E-state index is 5.46. The summed E-state index contributed by atoms with van der Waals surface area (Å²) in [6.07, 6.45) is 14.9. The Labute approximate surface area is 149 Å². The summed E-state index contributed by atoms with van der Waals surface area (Å²) in [6, 6.07) is 6.14. The number of hydrogen-bond acceptors (Lipinski definition) is 2. The maximum absolute atomic E-state index is 5.46. The van der Waals surface area contributed by atoms with Crippen molar-refractivity contribution in [2.45, 2.75) is 84.5 Å². The van der Waals surface area contributed by atoms with E-state index in [1.54, 1.807) is 14.2 Å². The van der Waals surface area contributed by atoms with E-state index in [1.165, 1.54) is 69.8 Å². The Morgan fingerprint density at radius 3 is 1.88 bits per heavy atom. The molecule has 0 aliphatic heterocycles. The van der Waals surface area contributed by atoms with E-state index in [9.17, 15) is 0 Å². The van der Waals surface area contributed by atoms with Gasteiger partial charge >= 0.3 is 0 Å². The molecule has 1 aromatic carbocycles. The van der Waals surface area contributed by atoms with Gasteiger partial charge < -0.3 is 9.47 Å². The quantitative estimate of drug-likeness (QED) is 0.348. The normalized spacial score (nSPS) is 11.0. The number of aryl methyl sites for hydroxylation is 1. The minimum Gasteiger partial charge on any atom is -0.497 e. The molecule has 0 fully saturated rings. The molecule has 0 N–H and O–H groups in total. The van der Waals surface area contributed by atoms with Crippen molar-refractivity contribution in [3.8, 4) is 11.5 Å².